The van der Waals surface area contributed by atoms with Gasteiger partial charge in [-0.1, -0.05) is 24.1 Å². The molecule has 0 radical (unpaired) electrons. The van der Waals surface area contributed by atoms with Gasteiger partial charge in [0.05, 0.1) is 10.9 Å². The summed E-state index contributed by atoms with van der Waals surface area (Å²) >= 11 is 5.89. The van der Waals surface area contributed by atoms with E-state index < -0.39 is 5.82 Å². The standard InChI is InChI=1S/C22H24ClF2N3O/c23-19-14-16(5-7-20(19)25)28-11-9-27(10-12-28)8-2-1-3-18-17-6-4-15(24)13-21(17)26-22(18)29/h4-7,13-14,18H,1-3,8-12H2,(H,26,29). The van der Waals surface area contributed by atoms with Crippen molar-refractivity contribution in [2.45, 2.75) is 25.2 Å². The lowest BCUT2D eigenvalue weighted by Crippen LogP contribution is -2.46. The molecule has 2 aliphatic heterocycles. The number of rotatable bonds is 6. The quantitative estimate of drug-likeness (QED) is 0.692. The Kier molecular flexibility index (Phi) is 6.01. The fraction of sp³-hybridized carbons (Fsp3) is 0.409. The number of nitrogens with one attached hydrogen (secondary N) is 1. The summed E-state index contributed by atoms with van der Waals surface area (Å²) in [6.07, 6.45) is 2.74. The zero-order valence-electron chi connectivity index (χ0n) is 16.1. The second-order valence-electron chi connectivity index (χ2n) is 7.70. The van der Waals surface area contributed by atoms with Crippen LogP contribution in [0.4, 0.5) is 20.2 Å². The molecule has 1 unspecified atom stereocenters. The zero-order chi connectivity index (χ0) is 20.4. The van der Waals surface area contributed by atoms with Gasteiger partial charge in [-0.15, -0.1) is 0 Å². The molecule has 0 bridgehead atoms. The number of fused-ring (bicyclic) bond motifs is 1. The van der Waals surface area contributed by atoms with Crippen LogP contribution in [0, 0.1) is 11.6 Å². The van der Waals surface area contributed by atoms with E-state index in [0.717, 1.165) is 63.2 Å². The van der Waals surface area contributed by atoms with E-state index >= 15 is 0 Å². The van der Waals surface area contributed by atoms with Crippen LogP contribution in [0.1, 0.15) is 30.7 Å². The zero-order valence-corrected chi connectivity index (χ0v) is 16.9. The van der Waals surface area contributed by atoms with Gasteiger partial charge in [-0.25, -0.2) is 8.78 Å². The van der Waals surface area contributed by atoms with Gasteiger partial charge in [0.15, 0.2) is 0 Å². The maximum Gasteiger partial charge on any atom is 0.232 e. The van der Waals surface area contributed by atoms with E-state index in [9.17, 15) is 13.6 Å². The highest BCUT2D eigenvalue weighted by Gasteiger charge is 2.30. The summed E-state index contributed by atoms with van der Waals surface area (Å²) in [7, 11) is 0. The van der Waals surface area contributed by atoms with Crippen molar-refractivity contribution >= 4 is 28.9 Å². The van der Waals surface area contributed by atoms with Gasteiger partial charge in [0.1, 0.15) is 11.6 Å². The second kappa shape index (κ2) is 8.67. The number of unbranched alkanes of at least 4 members (excludes halogenated alkanes) is 1. The monoisotopic (exact) mass is 419 g/mol. The third-order valence-corrected chi connectivity index (χ3v) is 6.11. The Bertz CT molecular complexity index is 900. The van der Waals surface area contributed by atoms with Gasteiger partial charge in [0.2, 0.25) is 5.91 Å². The van der Waals surface area contributed by atoms with Crippen molar-refractivity contribution < 1.29 is 13.6 Å². The van der Waals surface area contributed by atoms with E-state index in [0.29, 0.717) is 5.69 Å². The van der Waals surface area contributed by atoms with Crippen molar-refractivity contribution in [3.63, 3.8) is 0 Å². The summed E-state index contributed by atoms with van der Waals surface area (Å²) in [5, 5.41) is 2.94. The molecular weight excluding hydrogens is 396 g/mol. The van der Waals surface area contributed by atoms with Crippen molar-refractivity contribution in [3.05, 3.63) is 58.6 Å². The number of benzene rings is 2. The Balaban J connectivity index is 1.21. The summed E-state index contributed by atoms with van der Waals surface area (Å²) in [4.78, 5) is 16.8. The summed E-state index contributed by atoms with van der Waals surface area (Å²) in [5.41, 5.74) is 2.47. The Labute approximate surface area is 174 Å². The highest BCUT2D eigenvalue weighted by Crippen LogP contribution is 2.36. The number of carbonyl (C=O) groups excluding carboxylic acids is 1. The molecule has 0 aliphatic carbocycles. The summed E-state index contributed by atoms with van der Waals surface area (Å²) in [6, 6.07) is 9.39. The van der Waals surface area contributed by atoms with Crippen LogP contribution >= 0.6 is 11.6 Å². The van der Waals surface area contributed by atoms with Crippen LogP contribution in [-0.4, -0.2) is 43.5 Å². The van der Waals surface area contributed by atoms with Gasteiger partial charge in [-0.3, -0.25) is 9.69 Å². The minimum atomic E-state index is -0.391. The van der Waals surface area contributed by atoms with Crippen molar-refractivity contribution in [2.24, 2.45) is 0 Å². The Morgan fingerprint density at radius 2 is 1.83 bits per heavy atom. The first-order valence-electron chi connectivity index (χ1n) is 10.0. The lowest BCUT2D eigenvalue weighted by molar-refractivity contribution is -0.117. The van der Waals surface area contributed by atoms with Crippen LogP contribution in [0.15, 0.2) is 36.4 Å². The maximum atomic E-state index is 13.3. The molecule has 2 aromatic carbocycles. The number of hydrogen-bond acceptors (Lipinski definition) is 3. The Hall–Kier alpha value is -2.18. The summed E-state index contributed by atoms with van der Waals surface area (Å²) < 4.78 is 26.7. The largest absolute Gasteiger partial charge is 0.369 e. The van der Waals surface area contributed by atoms with E-state index in [2.05, 4.69) is 15.1 Å². The molecule has 1 atom stereocenters. The van der Waals surface area contributed by atoms with E-state index in [1.165, 1.54) is 18.2 Å². The first kappa shape index (κ1) is 20.1. The normalized spacial score (nSPS) is 19.3. The second-order valence-corrected chi connectivity index (χ2v) is 8.10. The maximum absolute atomic E-state index is 13.3. The van der Waals surface area contributed by atoms with Crippen LogP contribution in [0.5, 0.6) is 0 Å². The molecule has 29 heavy (non-hydrogen) atoms. The van der Waals surface area contributed by atoms with E-state index in [-0.39, 0.29) is 22.7 Å². The van der Waals surface area contributed by atoms with Crippen LogP contribution in [0.2, 0.25) is 5.02 Å². The summed E-state index contributed by atoms with van der Waals surface area (Å²) in [5.74, 6) is -0.924. The molecule has 2 heterocycles. The molecule has 0 aromatic heterocycles. The predicted molar refractivity (Wildman–Crippen MR) is 112 cm³/mol. The van der Waals surface area contributed by atoms with Crippen molar-refractivity contribution in [2.75, 3.05) is 42.9 Å². The number of amides is 1. The lowest BCUT2D eigenvalue weighted by Gasteiger charge is -2.36. The van der Waals surface area contributed by atoms with Gasteiger partial charge >= 0.3 is 0 Å². The lowest BCUT2D eigenvalue weighted by atomic mass is 9.95. The molecule has 0 spiro atoms. The molecule has 2 aliphatic rings. The van der Waals surface area contributed by atoms with Crippen LogP contribution in [0.3, 0.4) is 0 Å². The number of halogens is 3. The average molecular weight is 420 g/mol. The topological polar surface area (TPSA) is 35.6 Å². The Morgan fingerprint density at radius 3 is 2.59 bits per heavy atom. The number of carbonyl (C=O) groups is 1. The number of piperazine rings is 1. The minimum Gasteiger partial charge on any atom is -0.369 e. The molecule has 0 saturated carbocycles. The summed E-state index contributed by atoms with van der Waals surface area (Å²) in [6.45, 7) is 4.64. The fourth-order valence-corrected chi connectivity index (χ4v) is 4.36. The van der Waals surface area contributed by atoms with Gasteiger partial charge in [-0.2, -0.15) is 0 Å². The molecule has 4 nitrogen and oxygen atoms in total. The van der Waals surface area contributed by atoms with Gasteiger partial charge in [0, 0.05) is 37.6 Å². The van der Waals surface area contributed by atoms with E-state index in [1.807, 2.05) is 0 Å². The van der Waals surface area contributed by atoms with E-state index in [4.69, 9.17) is 11.6 Å². The smallest absolute Gasteiger partial charge is 0.232 e. The molecule has 154 valence electrons. The molecule has 7 heteroatoms. The molecule has 1 amide bonds. The van der Waals surface area contributed by atoms with Gasteiger partial charge < -0.3 is 10.2 Å². The van der Waals surface area contributed by atoms with Crippen LogP contribution in [0.25, 0.3) is 0 Å². The number of hydrogen-bond donors (Lipinski definition) is 1. The number of anilines is 2. The highest BCUT2D eigenvalue weighted by molar-refractivity contribution is 6.31. The first-order valence-corrected chi connectivity index (χ1v) is 10.4. The van der Waals surface area contributed by atoms with E-state index in [1.54, 1.807) is 18.2 Å². The fourth-order valence-electron chi connectivity index (χ4n) is 4.18. The third kappa shape index (κ3) is 4.54. The van der Waals surface area contributed by atoms with Crippen LogP contribution in [-0.2, 0) is 4.79 Å². The average Bonchev–Trinajstić information content (AvgIpc) is 3.02. The van der Waals surface area contributed by atoms with Crippen LogP contribution < -0.4 is 10.2 Å². The molecule has 4 rings (SSSR count). The third-order valence-electron chi connectivity index (χ3n) is 5.82. The van der Waals surface area contributed by atoms with Gasteiger partial charge in [-0.05, 0) is 55.3 Å². The number of nitrogens with zero attached hydrogens (tertiary/aromatic N) is 2. The molecule has 1 N–H and O–H groups in total. The van der Waals surface area contributed by atoms with Crippen molar-refractivity contribution in [1.82, 2.24) is 4.90 Å². The molecule has 2 aromatic rings. The Morgan fingerprint density at radius 1 is 1.03 bits per heavy atom. The molecule has 1 saturated heterocycles. The van der Waals surface area contributed by atoms with Gasteiger partial charge in [0.25, 0.3) is 0 Å². The minimum absolute atomic E-state index is 0.0304. The predicted octanol–water partition coefficient (Wildman–Crippen LogP) is 4.65. The molecule has 1 fully saturated rings. The highest BCUT2D eigenvalue weighted by atomic mass is 35.5. The van der Waals surface area contributed by atoms with Crippen molar-refractivity contribution in [1.29, 1.82) is 0 Å². The SMILES string of the molecule is O=C1Nc2cc(F)ccc2C1CCCCN1CCN(c2ccc(F)c(Cl)c2)CC1. The van der Waals surface area contributed by atoms with Crippen molar-refractivity contribution in [3.8, 4) is 0 Å². The first-order chi connectivity index (χ1) is 14.0. The molecular formula is C22H24ClF2N3O.